The first-order valence-corrected chi connectivity index (χ1v) is 8.63. The Kier molecular flexibility index (Phi) is 4.97. The monoisotopic (exact) mass is 349 g/mol. The lowest BCUT2D eigenvalue weighted by atomic mass is 10.2. The Morgan fingerprint density at radius 2 is 2.00 bits per heavy atom. The average Bonchev–Trinajstić information content (AvgIpc) is 3.14. The molecule has 0 atom stereocenters. The van der Waals surface area contributed by atoms with Gasteiger partial charge in [0.25, 0.3) is 0 Å². The van der Waals surface area contributed by atoms with E-state index in [9.17, 15) is 0 Å². The Labute approximate surface area is 143 Å². The Morgan fingerprint density at radius 3 is 2.74 bits per heavy atom. The molecule has 23 heavy (non-hydrogen) atoms. The zero-order valence-electron chi connectivity index (χ0n) is 12.9. The third kappa shape index (κ3) is 3.73. The van der Waals surface area contributed by atoms with Crippen molar-refractivity contribution in [1.82, 2.24) is 24.9 Å². The fourth-order valence-corrected chi connectivity index (χ4v) is 2.97. The van der Waals surface area contributed by atoms with Crippen LogP contribution in [0.25, 0.3) is 11.4 Å². The van der Waals surface area contributed by atoms with Crippen LogP contribution >= 0.6 is 23.4 Å². The summed E-state index contributed by atoms with van der Waals surface area (Å²) in [6, 6.07) is 7.53. The SMILES string of the molecule is CCCc1noc(CSc2nnc(-c3ccc(Cl)cc3)n2C)n1. The van der Waals surface area contributed by atoms with Gasteiger partial charge in [0.15, 0.2) is 16.8 Å². The minimum atomic E-state index is 0.573. The van der Waals surface area contributed by atoms with Gasteiger partial charge in [-0.25, -0.2) is 0 Å². The van der Waals surface area contributed by atoms with Gasteiger partial charge in [0.05, 0.1) is 5.75 Å². The lowest BCUT2D eigenvalue weighted by Gasteiger charge is -2.03. The number of nitrogens with zero attached hydrogens (tertiary/aromatic N) is 5. The molecule has 0 amide bonds. The van der Waals surface area contributed by atoms with Crippen molar-refractivity contribution in [3.05, 3.63) is 41.0 Å². The summed E-state index contributed by atoms with van der Waals surface area (Å²) in [6.45, 7) is 2.09. The second kappa shape index (κ2) is 7.14. The third-order valence-electron chi connectivity index (χ3n) is 3.25. The molecular formula is C15H16ClN5OS. The summed E-state index contributed by atoms with van der Waals surface area (Å²) >= 11 is 7.43. The molecule has 0 radical (unpaired) electrons. The molecule has 3 aromatic rings. The first-order valence-electron chi connectivity index (χ1n) is 7.27. The van der Waals surface area contributed by atoms with E-state index in [1.165, 1.54) is 11.8 Å². The predicted octanol–water partition coefficient (Wildman–Crippen LogP) is 3.76. The van der Waals surface area contributed by atoms with Crippen LogP contribution in [0.2, 0.25) is 5.02 Å². The minimum Gasteiger partial charge on any atom is -0.338 e. The van der Waals surface area contributed by atoms with Gasteiger partial charge in [-0.2, -0.15) is 4.98 Å². The maximum atomic E-state index is 5.92. The van der Waals surface area contributed by atoms with Crippen LogP contribution in [0.4, 0.5) is 0 Å². The maximum absolute atomic E-state index is 5.92. The Hall–Kier alpha value is -1.86. The topological polar surface area (TPSA) is 69.6 Å². The molecule has 0 aliphatic carbocycles. The summed E-state index contributed by atoms with van der Waals surface area (Å²) in [5.41, 5.74) is 0.972. The fraction of sp³-hybridized carbons (Fsp3) is 0.333. The normalized spacial score (nSPS) is 11.1. The van der Waals surface area contributed by atoms with E-state index in [0.717, 1.165) is 35.2 Å². The summed E-state index contributed by atoms with van der Waals surface area (Å²) in [4.78, 5) is 4.35. The van der Waals surface area contributed by atoms with Crippen LogP contribution in [0.1, 0.15) is 25.1 Å². The highest BCUT2D eigenvalue weighted by molar-refractivity contribution is 7.98. The number of rotatable bonds is 6. The number of hydrogen-bond acceptors (Lipinski definition) is 6. The number of hydrogen-bond donors (Lipinski definition) is 0. The van der Waals surface area contributed by atoms with E-state index < -0.39 is 0 Å². The first kappa shape index (κ1) is 16.0. The van der Waals surface area contributed by atoms with E-state index in [2.05, 4.69) is 27.3 Å². The summed E-state index contributed by atoms with van der Waals surface area (Å²) in [5.74, 6) is 2.72. The van der Waals surface area contributed by atoms with Gasteiger partial charge >= 0.3 is 0 Å². The fourth-order valence-electron chi connectivity index (χ4n) is 2.09. The molecule has 120 valence electrons. The van der Waals surface area contributed by atoms with E-state index in [-0.39, 0.29) is 0 Å². The van der Waals surface area contributed by atoms with E-state index in [1.54, 1.807) is 0 Å². The van der Waals surface area contributed by atoms with E-state index in [1.807, 2.05) is 35.9 Å². The zero-order valence-corrected chi connectivity index (χ0v) is 14.4. The molecular weight excluding hydrogens is 334 g/mol. The minimum absolute atomic E-state index is 0.573. The highest BCUT2D eigenvalue weighted by Crippen LogP contribution is 2.25. The second-order valence-electron chi connectivity index (χ2n) is 5.02. The van der Waals surface area contributed by atoms with Gasteiger partial charge in [0.1, 0.15) is 0 Å². The number of aryl methyl sites for hydroxylation is 1. The maximum Gasteiger partial charge on any atom is 0.237 e. The Balaban J connectivity index is 1.70. The largest absolute Gasteiger partial charge is 0.338 e. The Morgan fingerprint density at radius 1 is 1.22 bits per heavy atom. The van der Waals surface area contributed by atoms with Crippen molar-refractivity contribution < 1.29 is 4.52 Å². The van der Waals surface area contributed by atoms with Gasteiger partial charge in [-0.15, -0.1) is 10.2 Å². The molecule has 0 spiro atoms. The van der Waals surface area contributed by atoms with Crippen molar-refractivity contribution in [2.45, 2.75) is 30.7 Å². The molecule has 0 N–H and O–H groups in total. The van der Waals surface area contributed by atoms with Crippen molar-refractivity contribution in [3.8, 4) is 11.4 Å². The van der Waals surface area contributed by atoms with Crippen LogP contribution in [0.5, 0.6) is 0 Å². The predicted molar refractivity (Wildman–Crippen MR) is 89.3 cm³/mol. The molecule has 0 aliphatic heterocycles. The van der Waals surface area contributed by atoms with Crippen LogP contribution < -0.4 is 0 Å². The van der Waals surface area contributed by atoms with Crippen molar-refractivity contribution in [2.75, 3.05) is 0 Å². The van der Waals surface area contributed by atoms with Gasteiger partial charge in [-0.1, -0.05) is 35.4 Å². The summed E-state index contributed by atoms with van der Waals surface area (Å²) in [5, 5.41) is 13.9. The van der Waals surface area contributed by atoms with E-state index >= 15 is 0 Å². The van der Waals surface area contributed by atoms with Crippen molar-refractivity contribution in [1.29, 1.82) is 0 Å². The standard InChI is InChI=1S/C15H16ClN5OS/c1-3-4-12-17-13(22-20-12)9-23-15-19-18-14(21(15)2)10-5-7-11(16)8-6-10/h5-8H,3-4,9H2,1-2H3. The van der Waals surface area contributed by atoms with E-state index in [4.69, 9.17) is 16.1 Å². The van der Waals surface area contributed by atoms with Gasteiger partial charge in [-0.05, 0) is 30.7 Å². The highest BCUT2D eigenvalue weighted by Gasteiger charge is 2.13. The summed E-state index contributed by atoms with van der Waals surface area (Å²) < 4.78 is 7.17. The number of halogens is 1. The van der Waals surface area contributed by atoms with E-state index in [0.29, 0.717) is 16.7 Å². The number of thioether (sulfide) groups is 1. The zero-order chi connectivity index (χ0) is 16.2. The van der Waals surface area contributed by atoms with Crippen LogP contribution in [0, 0.1) is 0 Å². The average molecular weight is 350 g/mol. The molecule has 2 aromatic heterocycles. The molecule has 0 bridgehead atoms. The van der Waals surface area contributed by atoms with Crippen LogP contribution in [-0.2, 0) is 19.2 Å². The molecule has 1 aromatic carbocycles. The molecule has 0 fully saturated rings. The molecule has 2 heterocycles. The van der Waals surface area contributed by atoms with Crippen LogP contribution in [0.15, 0.2) is 33.9 Å². The number of aromatic nitrogens is 5. The second-order valence-corrected chi connectivity index (χ2v) is 6.39. The molecule has 6 nitrogen and oxygen atoms in total. The van der Waals surface area contributed by atoms with Crippen molar-refractivity contribution in [2.24, 2.45) is 7.05 Å². The Bertz CT molecular complexity index is 784. The van der Waals surface area contributed by atoms with Crippen molar-refractivity contribution in [3.63, 3.8) is 0 Å². The quantitative estimate of drug-likeness (QED) is 0.631. The number of benzene rings is 1. The molecule has 8 heteroatoms. The smallest absolute Gasteiger partial charge is 0.237 e. The van der Waals surface area contributed by atoms with Gasteiger partial charge in [0.2, 0.25) is 5.89 Å². The van der Waals surface area contributed by atoms with Gasteiger partial charge in [0, 0.05) is 24.1 Å². The molecule has 0 saturated heterocycles. The molecule has 3 rings (SSSR count). The highest BCUT2D eigenvalue weighted by atomic mass is 35.5. The molecule has 0 unspecified atom stereocenters. The lowest BCUT2D eigenvalue weighted by Crippen LogP contribution is -1.95. The molecule has 0 saturated carbocycles. The lowest BCUT2D eigenvalue weighted by molar-refractivity contribution is 0.384. The third-order valence-corrected chi connectivity index (χ3v) is 4.50. The van der Waals surface area contributed by atoms with Gasteiger partial charge < -0.3 is 9.09 Å². The molecule has 0 aliphatic rings. The van der Waals surface area contributed by atoms with Crippen molar-refractivity contribution >= 4 is 23.4 Å². The summed E-state index contributed by atoms with van der Waals surface area (Å²) in [7, 11) is 1.93. The first-order chi connectivity index (χ1) is 11.2. The van der Waals surface area contributed by atoms with Crippen LogP contribution in [-0.4, -0.2) is 24.9 Å². The van der Waals surface area contributed by atoms with Gasteiger partial charge in [-0.3, -0.25) is 0 Å². The summed E-state index contributed by atoms with van der Waals surface area (Å²) in [6.07, 6.45) is 1.83. The van der Waals surface area contributed by atoms with Crippen LogP contribution in [0.3, 0.4) is 0 Å².